The molecule has 0 radical (unpaired) electrons. The SMILES string of the molecule is CC(C)(C)OC(=O)NCCCC[C@@H](N)NC(=O)c1ccccc1. The van der Waals surface area contributed by atoms with Crippen molar-refractivity contribution in [1.29, 1.82) is 0 Å². The van der Waals surface area contributed by atoms with Gasteiger partial charge in [0.2, 0.25) is 0 Å². The molecule has 1 atom stereocenters. The number of nitrogens with one attached hydrogen (secondary N) is 2. The summed E-state index contributed by atoms with van der Waals surface area (Å²) < 4.78 is 5.14. The van der Waals surface area contributed by atoms with Crippen molar-refractivity contribution < 1.29 is 14.3 Å². The number of hydrogen-bond donors (Lipinski definition) is 3. The molecule has 1 aromatic rings. The van der Waals surface area contributed by atoms with E-state index >= 15 is 0 Å². The van der Waals surface area contributed by atoms with Gasteiger partial charge in [-0.15, -0.1) is 0 Å². The van der Waals surface area contributed by atoms with Crippen LogP contribution in [0, 0.1) is 0 Å². The minimum Gasteiger partial charge on any atom is -0.444 e. The van der Waals surface area contributed by atoms with Crippen LogP contribution in [0.25, 0.3) is 0 Å². The Balaban J connectivity index is 2.14. The molecular formula is C17H27N3O3. The molecule has 0 aliphatic heterocycles. The predicted molar refractivity (Wildman–Crippen MR) is 90.0 cm³/mol. The smallest absolute Gasteiger partial charge is 0.407 e. The first-order chi connectivity index (χ1) is 10.8. The van der Waals surface area contributed by atoms with Crippen LogP contribution in [-0.2, 0) is 4.74 Å². The number of carbonyl (C=O) groups excluding carboxylic acids is 2. The molecule has 1 rings (SSSR count). The maximum atomic E-state index is 11.9. The van der Waals surface area contributed by atoms with Gasteiger partial charge < -0.3 is 21.1 Å². The normalized spacial score (nSPS) is 12.3. The number of rotatable bonds is 7. The highest BCUT2D eigenvalue weighted by Crippen LogP contribution is 2.06. The zero-order valence-electron chi connectivity index (χ0n) is 14.1. The van der Waals surface area contributed by atoms with E-state index in [0.29, 0.717) is 18.5 Å². The third-order valence-electron chi connectivity index (χ3n) is 2.96. The van der Waals surface area contributed by atoms with Crippen molar-refractivity contribution in [2.45, 2.75) is 51.8 Å². The Morgan fingerprint density at radius 2 is 1.83 bits per heavy atom. The Bertz CT molecular complexity index is 498. The highest BCUT2D eigenvalue weighted by Gasteiger charge is 2.15. The highest BCUT2D eigenvalue weighted by atomic mass is 16.6. The molecule has 128 valence electrons. The molecule has 23 heavy (non-hydrogen) atoms. The number of benzene rings is 1. The first-order valence-electron chi connectivity index (χ1n) is 7.86. The Kier molecular flexibility index (Phi) is 7.54. The zero-order valence-corrected chi connectivity index (χ0v) is 14.1. The Morgan fingerprint density at radius 3 is 2.43 bits per heavy atom. The van der Waals surface area contributed by atoms with E-state index in [-0.39, 0.29) is 5.91 Å². The fraction of sp³-hybridized carbons (Fsp3) is 0.529. The van der Waals surface area contributed by atoms with Crippen molar-refractivity contribution in [2.24, 2.45) is 5.73 Å². The summed E-state index contributed by atoms with van der Waals surface area (Å²) in [5, 5.41) is 5.44. The van der Waals surface area contributed by atoms with Crippen molar-refractivity contribution in [3.05, 3.63) is 35.9 Å². The summed E-state index contributed by atoms with van der Waals surface area (Å²) in [6.45, 7) is 5.98. The van der Waals surface area contributed by atoms with Gasteiger partial charge in [-0.2, -0.15) is 0 Å². The molecule has 0 fully saturated rings. The summed E-state index contributed by atoms with van der Waals surface area (Å²) >= 11 is 0. The Hall–Kier alpha value is -2.08. The van der Waals surface area contributed by atoms with Gasteiger partial charge in [-0.1, -0.05) is 18.2 Å². The van der Waals surface area contributed by atoms with Crippen molar-refractivity contribution in [3.63, 3.8) is 0 Å². The molecule has 0 bridgehead atoms. The zero-order chi connectivity index (χ0) is 17.3. The summed E-state index contributed by atoms with van der Waals surface area (Å²) in [5.41, 5.74) is 5.99. The third kappa shape index (κ3) is 8.83. The minimum atomic E-state index is -0.492. The number of alkyl carbamates (subject to hydrolysis) is 1. The molecule has 6 nitrogen and oxygen atoms in total. The molecule has 1 aromatic carbocycles. The van der Waals surface area contributed by atoms with Gasteiger partial charge in [0.15, 0.2) is 0 Å². The van der Waals surface area contributed by atoms with Crippen LogP contribution in [0.1, 0.15) is 50.4 Å². The number of unbranched alkanes of at least 4 members (excludes halogenated alkanes) is 1. The van der Waals surface area contributed by atoms with E-state index in [0.717, 1.165) is 12.8 Å². The summed E-state index contributed by atoms with van der Waals surface area (Å²) in [6, 6.07) is 8.96. The summed E-state index contributed by atoms with van der Waals surface area (Å²) in [4.78, 5) is 23.3. The third-order valence-corrected chi connectivity index (χ3v) is 2.96. The lowest BCUT2D eigenvalue weighted by Crippen LogP contribution is -2.41. The summed E-state index contributed by atoms with van der Waals surface area (Å²) in [6.07, 6.45) is 1.40. The Morgan fingerprint density at radius 1 is 1.17 bits per heavy atom. The van der Waals surface area contributed by atoms with Crippen LogP contribution in [0.5, 0.6) is 0 Å². The van der Waals surface area contributed by atoms with Crippen LogP contribution in [0.4, 0.5) is 4.79 Å². The molecule has 0 aromatic heterocycles. The standard InChI is InChI=1S/C17H27N3O3/c1-17(2,3)23-16(22)19-12-8-7-11-14(18)20-15(21)13-9-5-4-6-10-13/h4-6,9-10,14H,7-8,11-12,18H2,1-3H3,(H,19,22)(H,20,21)/t14-/m0/s1. The first kappa shape index (κ1) is 19.0. The number of amides is 2. The van der Waals surface area contributed by atoms with Crippen LogP contribution in [-0.4, -0.2) is 30.3 Å². The number of hydrogen-bond acceptors (Lipinski definition) is 4. The van der Waals surface area contributed by atoms with Gasteiger partial charge in [-0.05, 0) is 52.2 Å². The lowest BCUT2D eigenvalue weighted by Gasteiger charge is -2.19. The molecule has 0 spiro atoms. The molecule has 6 heteroatoms. The average Bonchev–Trinajstić information content (AvgIpc) is 2.46. The molecular weight excluding hydrogens is 294 g/mol. The molecule has 0 unspecified atom stereocenters. The van der Waals surface area contributed by atoms with Gasteiger partial charge in [0.1, 0.15) is 5.60 Å². The second kappa shape index (κ2) is 9.15. The number of carbonyl (C=O) groups is 2. The molecule has 0 heterocycles. The number of nitrogens with two attached hydrogens (primary N) is 1. The van der Waals surface area contributed by atoms with E-state index in [9.17, 15) is 9.59 Å². The quantitative estimate of drug-likeness (QED) is 0.531. The molecule has 2 amide bonds. The second-order valence-corrected chi connectivity index (χ2v) is 6.37. The van der Waals surface area contributed by atoms with E-state index in [1.54, 1.807) is 12.1 Å². The van der Waals surface area contributed by atoms with Gasteiger partial charge in [0, 0.05) is 12.1 Å². The fourth-order valence-corrected chi connectivity index (χ4v) is 1.91. The molecule has 0 aliphatic rings. The van der Waals surface area contributed by atoms with Crippen molar-refractivity contribution in [2.75, 3.05) is 6.54 Å². The van der Waals surface area contributed by atoms with Crippen LogP contribution >= 0.6 is 0 Å². The Labute approximate surface area is 137 Å². The summed E-state index contributed by atoms with van der Waals surface area (Å²) in [5.74, 6) is -0.176. The topological polar surface area (TPSA) is 93.4 Å². The number of ether oxygens (including phenoxy) is 1. The second-order valence-electron chi connectivity index (χ2n) is 6.37. The van der Waals surface area contributed by atoms with Gasteiger partial charge in [-0.3, -0.25) is 4.79 Å². The fourth-order valence-electron chi connectivity index (χ4n) is 1.91. The lowest BCUT2D eigenvalue weighted by atomic mass is 10.2. The van der Waals surface area contributed by atoms with Crippen molar-refractivity contribution in [1.82, 2.24) is 10.6 Å². The van der Waals surface area contributed by atoms with Crippen LogP contribution in [0.3, 0.4) is 0 Å². The molecule has 0 saturated heterocycles. The predicted octanol–water partition coefficient (Wildman–Crippen LogP) is 2.40. The molecule has 0 aliphatic carbocycles. The monoisotopic (exact) mass is 321 g/mol. The van der Waals surface area contributed by atoms with Crippen molar-refractivity contribution in [3.8, 4) is 0 Å². The average molecular weight is 321 g/mol. The lowest BCUT2D eigenvalue weighted by molar-refractivity contribution is 0.0527. The first-order valence-corrected chi connectivity index (χ1v) is 7.86. The van der Waals surface area contributed by atoms with Crippen LogP contribution in [0.2, 0.25) is 0 Å². The van der Waals surface area contributed by atoms with Gasteiger partial charge >= 0.3 is 6.09 Å². The van der Waals surface area contributed by atoms with Crippen LogP contribution in [0.15, 0.2) is 30.3 Å². The van der Waals surface area contributed by atoms with Gasteiger partial charge in [-0.25, -0.2) is 4.79 Å². The van der Waals surface area contributed by atoms with Gasteiger partial charge in [0.25, 0.3) is 5.91 Å². The van der Waals surface area contributed by atoms with Gasteiger partial charge in [0.05, 0.1) is 6.17 Å². The largest absolute Gasteiger partial charge is 0.444 e. The maximum absolute atomic E-state index is 11.9. The van der Waals surface area contributed by atoms with Crippen molar-refractivity contribution >= 4 is 12.0 Å². The van der Waals surface area contributed by atoms with Crippen LogP contribution < -0.4 is 16.4 Å². The summed E-state index contributed by atoms with van der Waals surface area (Å²) in [7, 11) is 0. The van der Waals surface area contributed by atoms with E-state index in [1.807, 2.05) is 39.0 Å². The molecule has 4 N–H and O–H groups in total. The van der Waals surface area contributed by atoms with E-state index in [1.165, 1.54) is 0 Å². The minimum absolute atomic E-state index is 0.176. The van der Waals surface area contributed by atoms with E-state index < -0.39 is 17.9 Å². The highest BCUT2D eigenvalue weighted by molar-refractivity contribution is 5.94. The maximum Gasteiger partial charge on any atom is 0.407 e. The van der Waals surface area contributed by atoms with E-state index in [4.69, 9.17) is 10.5 Å². The van der Waals surface area contributed by atoms with E-state index in [2.05, 4.69) is 10.6 Å². The molecule has 0 saturated carbocycles.